The fraction of sp³-hybridized carbons (Fsp3) is 0.174. The number of benzene rings is 2. The van der Waals surface area contributed by atoms with Crippen LogP contribution in [-0.4, -0.2) is 15.5 Å². The van der Waals surface area contributed by atoms with E-state index in [9.17, 15) is 9.59 Å². The van der Waals surface area contributed by atoms with Gasteiger partial charge in [0, 0.05) is 10.4 Å². The first-order valence-electron chi connectivity index (χ1n) is 9.47. The molecular formula is C23H21N3O2S. The molecule has 0 aliphatic carbocycles. The van der Waals surface area contributed by atoms with Crippen LogP contribution in [0.1, 0.15) is 24.9 Å². The predicted octanol–water partition coefficient (Wildman–Crippen LogP) is 4.54. The summed E-state index contributed by atoms with van der Waals surface area (Å²) in [7, 11) is 0. The van der Waals surface area contributed by atoms with Crippen LogP contribution in [0.3, 0.4) is 0 Å². The SMILES string of the molecule is CCC(C(N)=O)n1c(-c2cccc(C)c2)nc2sc(-c3ccccc3)cc2c1=O. The van der Waals surface area contributed by atoms with Crippen LogP contribution in [0.25, 0.3) is 32.0 Å². The van der Waals surface area contributed by atoms with Gasteiger partial charge in [-0.3, -0.25) is 14.2 Å². The van der Waals surface area contributed by atoms with E-state index in [-0.39, 0.29) is 5.56 Å². The molecule has 0 radical (unpaired) electrons. The Morgan fingerprint density at radius 1 is 1.10 bits per heavy atom. The van der Waals surface area contributed by atoms with Crippen molar-refractivity contribution in [1.82, 2.24) is 9.55 Å². The Morgan fingerprint density at radius 2 is 1.83 bits per heavy atom. The van der Waals surface area contributed by atoms with Gasteiger partial charge in [0.2, 0.25) is 5.91 Å². The minimum Gasteiger partial charge on any atom is -0.368 e. The number of aromatic nitrogens is 2. The lowest BCUT2D eigenvalue weighted by Crippen LogP contribution is -2.35. The van der Waals surface area contributed by atoms with Crippen LogP contribution in [0.5, 0.6) is 0 Å². The number of rotatable bonds is 5. The van der Waals surface area contributed by atoms with Crippen LogP contribution in [0.15, 0.2) is 65.5 Å². The Bertz CT molecular complexity index is 1260. The summed E-state index contributed by atoms with van der Waals surface area (Å²) in [4.78, 5) is 32.0. The molecule has 2 N–H and O–H groups in total. The van der Waals surface area contributed by atoms with Gasteiger partial charge in [-0.15, -0.1) is 11.3 Å². The van der Waals surface area contributed by atoms with Gasteiger partial charge in [-0.2, -0.15) is 0 Å². The maximum Gasteiger partial charge on any atom is 0.263 e. The molecule has 0 bridgehead atoms. The van der Waals surface area contributed by atoms with Crippen LogP contribution in [-0.2, 0) is 4.79 Å². The quantitative estimate of drug-likeness (QED) is 0.531. The van der Waals surface area contributed by atoms with Gasteiger partial charge in [0.15, 0.2) is 0 Å². The molecule has 1 atom stereocenters. The fourth-order valence-corrected chi connectivity index (χ4v) is 4.55. The monoisotopic (exact) mass is 403 g/mol. The first kappa shape index (κ1) is 19.1. The largest absolute Gasteiger partial charge is 0.368 e. The molecule has 4 rings (SSSR count). The Morgan fingerprint density at radius 3 is 2.48 bits per heavy atom. The molecule has 0 spiro atoms. The first-order chi connectivity index (χ1) is 14.0. The van der Waals surface area contributed by atoms with Crippen molar-refractivity contribution in [3.05, 3.63) is 76.6 Å². The summed E-state index contributed by atoms with van der Waals surface area (Å²) in [5, 5.41) is 0.505. The van der Waals surface area contributed by atoms with E-state index in [0.717, 1.165) is 21.6 Å². The molecule has 2 aromatic heterocycles. The highest BCUT2D eigenvalue weighted by atomic mass is 32.1. The zero-order valence-electron chi connectivity index (χ0n) is 16.3. The lowest BCUT2D eigenvalue weighted by molar-refractivity contribution is -0.121. The molecule has 146 valence electrons. The van der Waals surface area contributed by atoms with Gasteiger partial charge in [0.25, 0.3) is 5.56 Å². The molecule has 29 heavy (non-hydrogen) atoms. The second kappa shape index (κ2) is 7.64. The Kier molecular flexibility index (Phi) is 5.03. The number of hydrogen-bond donors (Lipinski definition) is 1. The molecule has 0 saturated heterocycles. The third-order valence-corrected chi connectivity index (χ3v) is 6.04. The van der Waals surface area contributed by atoms with Gasteiger partial charge in [0.05, 0.1) is 5.39 Å². The van der Waals surface area contributed by atoms with Crippen LogP contribution >= 0.6 is 11.3 Å². The van der Waals surface area contributed by atoms with Crippen molar-refractivity contribution in [2.75, 3.05) is 0 Å². The van der Waals surface area contributed by atoms with Gasteiger partial charge in [-0.25, -0.2) is 4.98 Å². The first-order valence-corrected chi connectivity index (χ1v) is 10.3. The van der Waals surface area contributed by atoms with E-state index in [4.69, 9.17) is 10.7 Å². The van der Waals surface area contributed by atoms with Crippen LogP contribution < -0.4 is 11.3 Å². The van der Waals surface area contributed by atoms with Crippen LogP contribution in [0.2, 0.25) is 0 Å². The second-order valence-corrected chi connectivity index (χ2v) is 8.03. The maximum atomic E-state index is 13.5. The number of primary amides is 1. The summed E-state index contributed by atoms with van der Waals surface area (Å²) >= 11 is 1.47. The molecular weight excluding hydrogens is 382 g/mol. The summed E-state index contributed by atoms with van der Waals surface area (Å²) in [6, 6.07) is 18.7. The number of fused-ring (bicyclic) bond motifs is 1. The van der Waals surface area contributed by atoms with E-state index >= 15 is 0 Å². The van der Waals surface area contributed by atoms with Crippen molar-refractivity contribution in [3.63, 3.8) is 0 Å². The van der Waals surface area contributed by atoms with Crippen LogP contribution in [0, 0.1) is 6.92 Å². The topological polar surface area (TPSA) is 78.0 Å². The number of aryl methyl sites for hydroxylation is 1. The highest BCUT2D eigenvalue weighted by Crippen LogP contribution is 2.33. The van der Waals surface area contributed by atoms with Gasteiger partial charge < -0.3 is 5.73 Å². The van der Waals surface area contributed by atoms with Gasteiger partial charge in [-0.05, 0) is 31.0 Å². The zero-order chi connectivity index (χ0) is 20.5. The highest BCUT2D eigenvalue weighted by molar-refractivity contribution is 7.21. The second-order valence-electron chi connectivity index (χ2n) is 7.00. The normalized spacial score (nSPS) is 12.2. The Labute approximate surface area is 172 Å². The van der Waals surface area contributed by atoms with Crippen molar-refractivity contribution in [2.24, 2.45) is 5.73 Å². The Balaban J connectivity index is 2.04. The molecule has 4 aromatic rings. The average Bonchev–Trinajstić information content (AvgIpc) is 3.15. The molecule has 5 nitrogen and oxygen atoms in total. The van der Waals surface area contributed by atoms with Crippen molar-refractivity contribution in [1.29, 1.82) is 0 Å². The molecule has 1 unspecified atom stereocenters. The number of hydrogen-bond acceptors (Lipinski definition) is 4. The van der Waals surface area contributed by atoms with Crippen LogP contribution in [0.4, 0.5) is 0 Å². The number of nitrogens with two attached hydrogens (primary N) is 1. The number of amides is 1. The van der Waals surface area contributed by atoms with E-state index in [1.54, 1.807) is 0 Å². The van der Waals surface area contributed by atoms with Gasteiger partial charge >= 0.3 is 0 Å². The van der Waals surface area contributed by atoms with E-state index in [1.165, 1.54) is 15.9 Å². The molecule has 0 aliphatic rings. The van der Waals surface area contributed by atoms with Crippen molar-refractivity contribution in [2.45, 2.75) is 26.3 Å². The number of thiophene rings is 1. The van der Waals surface area contributed by atoms with Crippen molar-refractivity contribution in [3.8, 4) is 21.8 Å². The fourth-order valence-electron chi connectivity index (χ4n) is 3.53. The Hall–Kier alpha value is -3.25. The molecule has 0 aliphatic heterocycles. The molecule has 0 saturated carbocycles. The molecule has 6 heteroatoms. The summed E-state index contributed by atoms with van der Waals surface area (Å²) < 4.78 is 1.46. The van der Waals surface area contributed by atoms with E-state index in [2.05, 4.69) is 0 Å². The minimum atomic E-state index is -0.755. The number of carbonyl (C=O) groups is 1. The number of carbonyl (C=O) groups excluding carboxylic acids is 1. The van der Waals surface area contributed by atoms with E-state index in [0.29, 0.717) is 22.5 Å². The summed E-state index contributed by atoms with van der Waals surface area (Å²) in [6.45, 7) is 3.82. The summed E-state index contributed by atoms with van der Waals surface area (Å²) in [5.74, 6) is -0.0681. The van der Waals surface area contributed by atoms with Gasteiger partial charge in [-0.1, -0.05) is 61.0 Å². The lowest BCUT2D eigenvalue weighted by atomic mass is 10.1. The highest BCUT2D eigenvalue weighted by Gasteiger charge is 2.24. The molecule has 2 aromatic carbocycles. The molecule has 1 amide bonds. The third kappa shape index (κ3) is 3.47. The lowest BCUT2D eigenvalue weighted by Gasteiger charge is -2.19. The smallest absolute Gasteiger partial charge is 0.263 e. The van der Waals surface area contributed by atoms with Crippen molar-refractivity contribution < 1.29 is 4.79 Å². The standard InChI is InChI=1S/C23H21N3O2S/c1-3-18(20(24)27)26-21(16-11-7-8-14(2)12-16)25-22-17(23(26)28)13-19(29-22)15-9-5-4-6-10-15/h4-13,18H,3H2,1-2H3,(H2,24,27). The molecule has 0 fully saturated rings. The van der Waals surface area contributed by atoms with E-state index in [1.807, 2.05) is 74.5 Å². The van der Waals surface area contributed by atoms with E-state index < -0.39 is 11.9 Å². The summed E-state index contributed by atoms with van der Waals surface area (Å²) in [5.41, 5.74) is 8.27. The maximum absolute atomic E-state index is 13.5. The van der Waals surface area contributed by atoms with Crippen molar-refractivity contribution >= 4 is 27.5 Å². The predicted molar refractivity (Wildman–Crippen MR) is 118 cm³/mol. The average molecular weight is 404 g/mol. The minimum absolute atomic E-state index is 0.240. The van der Waals surface area contributed by atoms with Gasteiger partial charge in [0.1, 0.15) is 16.7 Å². The number of nitrogens with zero attached hydrogens (tertiary/aromatic N) is 2. The summed E-state index contributed by atoms with van der Waals surface area (Å²) in [6.07, 6.45) is 0.414. The third-order valence-electron chi connectivity index (χ3n) is 4.96. The molecule has 2 heterocycles. The zero-order valence-corrected chi connectivity index (χ0v) is 17.1.